The molecule has 0 unspecified atom stereocenters. The molecule has 172 valence electrons. The smallest absolute Gasteiger partial charge is 0.222 e. The van der Waals surface area contributed by atoms with Gasteiger partial charge in [0.05, 0.1) is 0 Å². The Labute approximate surface area is 204 Å². The maximum Gasteiger partial charge on any atom is 0.222 e. The Morgan fingerprint density at radius 3 is 2.55 bits per heavy atom. The molecule has 0 aromatic heterocycles. The number of piperidine rings is 1. The molecule has 2 aliphatic heterocycles. The molecule has 3 aliphatic rings. The number of carbonyl (C=O) groups is 1. The first-order valence-corrected chi connectivity index (χ1v) is 11.9. The van der Waals surface area contributed by atoms with Gasteiger partial charge in [-0.3, -0.25) is 9.79 Å². The van der Waals surface area contributed by atoms with Crippen LogP contribution >= 0.6 is 24.0 Å². The van der Waals surface area contributed by atoms with E-state index in [1.165, 1.54) is 49.9 Å². The highest BCUT2D eigenvalue weighted by Gasteiger charge is 2.31. The van der Waals surface area contributed by atoms with Gasteiger partial charge in [-0.05, 0) is 56.6 Å². The van der Waals surface area contributed by atoms with Crippen molar-refractivity contribution < 1.29 is 4.79 Å². The lowest BCUT2D eigenvalue weighted by Gasteiger charge is -2.33. The Kier molecular flexibility index (Phi) is 9.44. The molecule has 6 nitrogen and oxygen atoms in total. The van der Waals surface area contributed by atoms with Gasteiger partial charge >= 0.3 is 0 Å². The molecule has 0 spiro atoms. The monoisotopic (exact) mass is 539 g/mol. The number of amides is 1. The molecular formula is C24H38IN5O. The largest absolute Gasteiger partial charge is 0.357 e. The first-order valence-electron chi connectivity index (χ1n) is 11.9. The molecule has 0 radical (unpaired) electrons. The van der Waals surface area contributed by atoms with Crippen LogP contribution < -0.4 is 10.6 Å². The van der Waals surface area contributed by atoms with Crippen LogP contribution in [0.1, 0.15) is 56.6 Å². The van der Waals surface area contributed by atoms with Gasteiger partial charge < -0.3 is 20.4 Å². The van der Waals surface area contributed by atoms with E-state index in [2.05, 4.69) is 46.7 Å². The van der Waals surface area contributed by atoms with Gasteiger partial charge in [-0.25, -0.2) is 0 Å². The van der Waals surface area contributed by atoms with Gasteiger partial charge in [-0.15, -0.1) is 24.0 Å². The van der Waals surface area contributed by atoms with E-state index in [1.807, 2.05) is 4.90 Å². The van der Waals surface area contributed by atoms with Crippen molar-refractivity contribution in [3.8, 4) is 0 Å². The van der Waals surface area contributed by atoms with E-state index in [1.54, 1.807) is 0 Å². The number of likely N-dealkylation sites (tertiary alicyclic amines) is 1. The number of hydrogen-bond acceptors (Lipinski definition) is 3. The predicted molar refractivity (Wildman–Crippen MR) is 137 cm³/mol. The number of guanidine groups is 1. The van der Waals surface area contributed by atoms with Crippen molar-refractivity contribution in [1.82, 2.24) is 20.4 Å². The first-order chi connectivity index (χ1) is 14.7. The molecule has 31 heavy (non-hydrogen) atoms. The molecule has 1 amide bonds. The van der Waals surface area contributed by atoms with Gasteiger partial charge in [-0.2, -0.15) is 0 Å². The van der Waals surface area contributed by atoms with Crippen molar-refractivity contribution in [3.05, 3.63) is 35.4 Å². The molecule has 1 aromatic rings. The average molecular weight is 540 g/mol. The number of halogens is 1. The minimum Gasteiger partial charge on any atom is -0.357 e. The Hall–Kier alpha value is -1.35. The van der Waals surface area contributed by atoms with Crippen LogP contribution in [-0.4, -0.2) is 66.5 Å². The second kappa shape index (κ2) is 12.0. The Bertz CT molecular complexity index is 743. The van der Waals surface area contributed by atoms with Crippen molar-refractivity contribution in [3.63, 3.8) is 0 Å². The third-order valence-corrected chi connectivity index (χ3v) is 6.58. The summed E-state index contributed by atoms with van der Waals surface area (Å²) in [5.74, 6) is 1.16. The predicted octanol–water partition coefficient (Wildman–Crippen LogP) is 3.15. The molecule has 1 aliphatic carbocycles. The van der Waals surface area contributed by atoms with Crippen molar-refractivity contribution >= 4 is 35.8 Å². The summed E-state index contributed by atoms with van der Waals surface area (Å²) in [7, 11) is 0. The molecule has 2 fully saturated rings. The van der Waals surface area contributed by atoms with Gasteiger partial charge in [-0.1, -0.05) is 24.3 Å². The molecule has 4 rings (SSSR count). The quantitative estimate of drug-likeness (QED) is 0.242. The normalized spacial score (nSPS) is 20.0. The fourth-order valence-corrected chi connectivity index (χ4v) is 4.65. The van der Waals surface area contributed by atoms with Crippen LogP contribution in [0.25, 0.3) is 0 Å². The van der Waals surface area contributed by atoms with Crippen molar-refractivity contribution in [2.24, 2.45) is 4.99 Å². The highest BCUT2D eigenvalue weighted by Crippen LogP contribution is 2.29. The molecule has 1 saturated heterocycles. The Morgan fingerprint density at radius 1 is 1.10 bits per heavy atom. The summed E-state index contributed by atoms with van der Waals surface area (Å²) in [4.78, 5) is 22.0. The Balaban J connectivity index is 0.00000272. The molecular weight excluding hydrogens is 501 g/mol. The molecule has 7 heteroatoms. The van der Waals surface area contributed by atoms with Crippen LogP contribution in [0.15, 0.2) is 29.3 Å². The fraction of sp³-hybridized carbons (Fsp3) is 0.667. The van der Waals surface area contributed by atoms with E-state index in [4.69, 9.17) is 4.99 Å². The topological polar surface area (TPSA) is 60.0 Å². The summed E-state index contributed by atoms with van der Waals surface area (Å²) in [6, 6.07) is 9.85. The number of nitrogens with zero attached hydrogens (tertiary/aromatic N) is 3. The third-order valence-electron chi connectivity index (χ3n) is 6.58. The molecule has 1 saturated carbocycles. The number of hydrogen-bond donors (Lipinski definition) is 2. The lowest BCUT2D eigenvalue weighted by Crippen LogP contribution is -2.49. The highest BCUT2D eigenvalue weighted by molar-refractivity contribution is 14.0. The second-order valence-corrected chi connectivity index (χ2v) is 8.88. The van der Waals surface area contributed by atoms with Crippen LogP contribution in [0, 0.1) is 0 Å². The molecule has 2 N–H and O–H groups in total. The number of rotatable bonds is 7. The highest BCUT2D eigenvalue weighted by atomic mass is 127. The number of benzene rings is 1. The lowest BCUT2D eigenvalue weighted by molar-refractivity contribution is -0.132. The molecule has 2 heterocycles. The SMILES string of the molecule is CCNC(=NCCCC(=O)N1CCc2ccccc2C1)NC1CCN(C2CC2)CC1.I. The number of nitrogens with one attached hydrogen (secondary N) is 2. The van der Waals surface area contributed by atoms with E-state index in [-0.39, 0.29) is 29.9 Å². The van der Waals surface area contributed by atoms with E-state index in [0.29, 0.717) is 19.0 Å². The maximum atomic E-state index is 12.6. The number of carbonyl (C=O) groups excluding carboxylic acids is 1. The zero-order chi connectivity index (χ0) is 20.8. The molecule has 0 bridgehead atoms. The minimum absolute atomic E-state index is 0. The maximum absolute atomic E-state index is 12.6. The molecule has 1 aromatic carbocycles. The fourth-order valence-electron chi connectivity index (χ4n) is 4.65. The van der Waals surface area contributed by atoms with E-state index < -0.39 is 0 Å². The summed E-state index contributed by atoms with van der Waals surface area (Å²) in [5, 5.41) is 6.98. The summed E-state index contributed by atoms with van der Waals surface area (Å²) in [6.07, 6.45) is 7.51. The van der Waals surface area contributed by atoms with Gasteiger partial charge in [0.15, 0.2) is 5.96 Å². The van der Waals surface area contributed by atoms with Crippen LogP contribution in [0.3, 0.4) is 0 Å². The van der Waals surface area contributed by atoms with Crippen molar-refractivity contribution in [2.75, 3.05) is 32.7 Å². The summed E-state index contributed by atoms with van der Waals surface area (Å²) < 4.78 is 0. The summed E-state index contributed by atoms with van der Waals surface area (Å²) in [5.41, 5.74) is 2.68. The van der Waals surface area contributed by atoms with Crippen molar-refractivity contribution in [2.45, 2.75) is 70.5 Å². The number of fused-ring (bicyclic) bond motifs is 1. The zero-order valence-electron chi connectivity index (χ0n) is 18.8. The van der Waals surface area contributed by atoms with E-state index in [0.717, 1.165) is 44.5 Å². The number of aliphatic imine (C=N–C) groups is 1. The summed E-state index contributed by atoms with van der Waals surface area (Å²) in [6.45, 7) is 7.64. The third kappa shape index (κ3) is 7.07. The van der Waals surface area contributed by atoms with Crippen LogP contribution in [0.5, 0.6) is 0 Å². The van der Waals surface area contributed by atoms with Crippen LogP contribution in [0.4, 0.5) is 0 Å². The standard InChI is InChI=1S/C24H37N5O.HI/c1-2-25-24(27-21-12-16-28(17-13-21)22-9-10-22)26-14-5-8-23(30)29-15-11-19-6-3-4-7-20(19)18-29;/h3-4,6-7,21-22H,2,5,8-18H2,1H3,(H2,25,26,27);1H. The summed E-state index contributed by atoms with van der Waals surface area (Å²) >= 11 is 0. The van der Waals surface area contributed by atoms with E-state index in [9.17, 15) is 4.79 Å². The van der Waals surface area contributed by atoms with Gasteiger partial charge in [0, 0.05) is 57.8 Å². The van der Waals surface area contributed by atoms with Crippen molar-refractivity contribution in [1.29, 1.82) is 0 Å². The minimum atomic E-state index is 0. The van der Waals surface area contributed by atoms with Crippen LogP contribution in [0.2, 0.25) is 0 Å². The van der Waals surface area contributed by atoms with Crippen LogP contribution in [-0.2, 0) is 17.8 Å². The average Bonchev–Trinajstić information content (AvgIpc) is 3.62. The van der Waals surface area contributed by atoms with Gasteiger partial charge in [0.1, 0.15) is 0 Å². The van der Waals surface area contributed by atoms with Gasteiger partial charge in [0.2, 0.25) is 5.91 Å². The van der Waals surface area contributed by atoms with Gasteiger partial charge in [0.25, 0.3) is 0 Å². The zero-order valence-corrected chi connectivity index (χ0v) is 21.1. The Morgan fingerprint density at radius 2 is 1.84 bits per heavy atom. The lowest BCUT2D eigenvalue weighted by atomic mass is 9.99. The molecule has 0 atom stereocenters. The second-order valence-electron chi connectivity index (χ2n) is 8.88. The van der Waals surface area contributed by atoms with E-state index >= 15 is 0 Å². The first kappa shape index (κ1) is 24.3.